The number of halogens is 3. The van der Waals surface area contributed by atoms with Gasteiger partial charge >= 0.3 is 0 Å². The molecule has 2 heterocycles. The minimum atomic E-state index is -1.08. The molecule has 0 spiro atoms. The van der Waals surface area contributed by atoms with Gasteiger partial charge in [0.25, 0.3) is 0 Å². The molecule has 0 fully saturated rings. The fourth-order valence-electron chi connectivity index (χ4n) is 3.79. The average molecular weight is 434 g/mol. The summed E-state index contributed by atoms with van der Waals surface area (Å²) in [6.45, 7) is 0.275. The summed E-state index contributed by atoms with van der Waals surface area (Å²) in [5, 5.41) is 4.11. The van der Waals surface area contributed by atoms with Gasteiger partial charge < -0.3 is 4.74 Å². The highest BCUT2D eigenvalue weighted by Gasteiger charge is 2.40. The third-order valence-corrected chi connectivity index (χ3v) is 5.34. The Bertz CT molecular complexity index is 1270. The minimum Gasteiger partial charge on any atom is -0.474 e. The second kappa shape index (κ2) is 7.96. The van der Waals surface area contributed by atoms with Crippen molar-refractivity contribution < 1.29 is 17.9 Å². The van der Waals surface area contributed by atoms with Crippen molar-refractivity contribution in [2.75, 3.05) is 6.61 Å². The van der Waals surface area contributed by atoms with Crippen molar-refractivity contribution in [2.24, 2.45) is 4.99 Å². The lowest BCUT2D eigenvalue weighted by Gasteiger charge is -2.24. The molecule has 1 unspecified atom stereocenters. The van der Waals surface area contributed by atoms with Gasteiger partial charge in [0.2, 0.25) is 5.90 Å². The molecule has 0 amide bonds. The molecule has 0 bridgehead atoms. The molecule has 0 aliphatic carbocycles. The van der Waals surface area contributed by atoms with Crippen molar-refractivity contribution in [2.45, 2.75) is 12.1 Å². The molecule has 32 heavy (non-hydrogen) atoms. The molecule has 1 aromatic heterocycles. The number of aromatic nitrogens is 3. The van der Waals surface area contributed by atoms with Crippen LogP contribution in [0.4, 0.5) is 13.2 Å². The standard InChI is InChI=1S/C24H17F3N4O/c25-20-3-1-2-18(8-20)16-4-6-17(7-5-16)23-30-24(13-32-23,12-31-15-28-14-29-31)19-9-21(26)11-22(27)10-19/h1-11,14-15H,12-13H2. The van der Waals surface area contributed by atoms with Crippen LogP contribution in [-0.2, 0) is 16.8 Å². The summed E-state index contributed by atoms with van der Waals surface area (Å²) < 4.78 is 49.0. The van der Waals surface area contributed by atoms with E-state index in [1.807, 2.05) is 30.3 Å². The fraction of sp³-hybridized carbons (Fsp3) is 0.125. The zero-order valence-corrected chi connectivity index (χ0v) is 16.8. The molecule has 1 aliphatic rings. The van der Waals surface area contributed by atoms with Gasteiger partial charge in [0.15, 0.2) is 0 Å². The van der Waals surface area contributed by atoms with Crippen LogP contribution in [0.1, 0.15) is 11.1 Å². The minimum absolute atomic E-state index is 0.0801. The number of nitrogens with zero attached hydrogens (tertiary/aromatic N) is 4. The van der Waals surface area contributed by atoms with Gasteiger partial charge in [0.1, 0.15) is 42.3 Å². The van der Waals surface area contributed by atoms with E-state index in [-0.39, 0.29) is 19.0 Å². The highest BCUT2D eigenvalue weighted by Crippen LogP contribution is 2.35. The summed E-state index contributed by atoms with van der Waals surface area (Å²) in [4.78, 5) is 8.68. The first-order chi connectivity index (χ1) is 15.5. The molecule has 8 heteroatoms. The SMILES string of the molecule is Fc1cccc(-c2ccc(C3=NC(Cn4cncn4)(c4cc(F)cc(F)c4)CO3)cc2)c1. The second-order valence-corrected chi connectivity index (χ2v) is 7.58. The second-order valence-electron chi connectivity index (χ2n) is 7.58. The Kier molecular flexibility index (Phi) is 4.97. The first kappa shape index (κ1) is 20.0. The van der Waals surface area contributed by atoms with Crippen LogP contribution in [0.2, 0.25) is 0 Å². The van der Waals surface area contributed by atoms with E-state index in [9.17, 15) is 13.2 Å². The van der Waals surface area contributed by atoms with Gasteiger partial charge in [-0.15, -0.1) is 0 Å². The normalized spacial score (nSPS) is 17.8. The van der Waals surface area contributed by atoms with Crippen LogP contribution >= 0.6 is 0 Å². The fourth-order valence-corrected chi connectivity index (χ4v) is 3.79. The van der Waals surface area contributed by atoms with Gasteiger partial charge in [-0.25, -0.2) is 23.1 Å². The molecule has 0 saturated carbocycles. The van der Waals surface area contributed by atoms with Crippen LogP contribution in [0.3, 0.4) is 0 Å². The maximum Gasteiger partial charge on any atom is 0.217 e. The Morgan fingerprint density at radius 1 is 0.844 bits per heavy atom. The number of ether oxygens (including phenoxy) is 1. The maximum atomic E-state index is 14.0. The number of benzene rings is 3. The topological polar surface area (TPSA) is 52.3 Å². The highest BCUT2D eigenvalue weighted by atomic mass is 19.1. The first-order valence-electron chi connectivity index (χ1n) is 9.89. The zero-order valence-electron chi connectivity index (χ0n) is 16.8. The molecule has 1 aliphatic heterocycles. The lowest BCUT2D eigenvalue weighted by atomic mass is 9.91. The monoisotopic (exact) mass is 434 g/mol. The van der Waals surface area contributed by atoms with E-state index in [2.05, 4.69) is 10.1 Å². The van der Waals surface area contributed by atoms with E-state index in [0.717, 1.165) is 17.2 Å². The Morgan fingerprint density at radius 2 is 1.59 bits per heavy atom. The molecule has 5 rings (SSSR count). The molecule has 3 aromatic carbocycles. The smallest absolute Gasteiger partial charge is 0.217 e. The molecular formula is C24H17F3N4O. The first-order valence-corrected chi connectivity index (χ1v) is 9.89. The average Bonchev–Trinajstić information content (AvgIpc) is 3.44. The molecule has 0 N–H and O–H groups in total. The third kappa shape index (κ3) is 3.87. The molecule has 0 radical (unpaired) electrons. The molecule has 160 valence electrons. The van der Waals surface area contributed by atoms with Crippen LogP contribution in [-0.4, -0.2) is 27.3 Å². The van der Waals surface area contributed by atoms with Gasteiger partial charge in [0, 0.05) is 11.6 Å². The van der Waals surface area contributed by atoms with Gasteiger partial charge in [-0.1, -0.05) is 24.3 Å². The van der Waals surface area contributed by atoms with Crippen molar-refractivity contribution >= 4 is 5.90 Å². The number of hydrogen-bond donors (Lipinski definition) is 0. The largest absolute Gasteiger partial charge is 0.474 e. The number of hydrogen-bond acceptors (Lipinski definition) is 4. The van der Waals surface area contributed by atoms with Crippen LogP contribution in [0, 0.1) is 17.5 Å². The van der Waals surface area contributed by atoms with E-state index in [1.165, 1.54) is 36.9 Å². The lowest BCUT2D eigenvalue weighted by molar-refractivity contribution is 0.229. The Hall–Kier alpha value is -3.94. The van der Waals surface area contributed by atoms with Crippen LogP contribution in [0.5, 0.6) is 0 Å². The Morgan fingerprint density at radius 3 is 2.28 bits per heavy atom. The third-order valence-electron chi connectivity index (χ3n) is 5.34. The highest BCUT2D eigenvalue weighted by molar-refractivity contribution is 5.96. The van der Waals surface area contributed by atoms with Gasteiger partial charge in [0.05, 0.1) is 6.54 Å². The summed E-state index contributed by atoms with van der Waals surface area (Å²) in [5.41, 5.74) is 1.56. The Labute approximate surface area is 181 Å². The quantitative estimate of drug-likeness (QED) is 0.456. The number of rotatable bonds is 5. The lowest BCUT2D eigenvalue weighted by Crippen LogP contribution is -2.32. The van der Waals surface area contributed by atoms with E-state index in [4.69, 9.17) is 9.73 Å². The summed E-state index contributed by atoms with van der Waals surface area (Å²) in [6.07, 6.45) is 2.89. The molecule has 5 nitrogen and oxygen atoms in total. The van der Waals surface area contributed by atoms with Crippen molar-refractivity contribution in [3.8, 4) is 11.1 Å². The molecule has 1 atom stereocenters. The van der Waals surface area contributed by atoms with Gasteiger partial charge in [-0.3, -0.25) is 4.68 Å². The van der Waals surface area contributed by atoms with Crippen LogP contribution in [0.25, 0.3) is 11.1 Å². The summed E-state index contributed by atoms with van der Waals surface area (Å²) in [7, 11) is 0. The van der Waals surface area contributed by atoms with Crippen LogP contribution in [0.15, 0.2) is 84.4 Å². The van der Waals surface area contributed by atoms with Gasteiger partial charge in [-0.05, 0) is 53.1 Å². The van der Waals surface area contributed by atoms with E-state index in [0.29, 0.717) is 17.0 Å². The van der Waals surface area contributed by atoms with Crippen molar-refractivity contribution in [3.05, 3.63) is 108 Å². The summed E-state index contributed by atoms with van der Waals surface area (Å²) in [6, 6.07) is 17.0. The molecular weight excluding hydrogens is 417 g/mol. The molecule has 4 aromatic rings. The van der Waals surface area contributed by atoms with Crippen molar-refractivity contribution in [1.29, 1.82) is 0 Å². The summed E-state index contributed by atoms with van der Waals surface area (Å²) >= 11 is 0. The van der Waals surface area contributed by atoms with E-state index >= 15 is 0 Å². The predicted octanol–water partition coefficient (Wildman–Crippen LogP) is 4.73. The van der Waals surface area contributed by atoms with E-state index < -0.39 is 17.2 Å². The zero-order chi connectivity index (χ0) is 22.1. The Balaban J connectivity index is 1.52. The van der Waals surface area contributed by atoms with E-state index in [1.54, 1.807) is 10.7 Å². The predicted molar refractivity (Wildman–Crippen MR) is 112 cm³/mol. The van der Waals surface area contributed by atoms with Crippen molar-refractivity contribution in [3.63, 3.8) is 0 Å². The van der Waals surface area contributed by atoms with Crippen molar-refractivity contribution in [1.82, 2.24) is 14.8 Å². The van der Waals surface area contributed by atoms with Crippen LogP contribution < -0.4 is 0 Å². The summed E-state index contributed by atoms with van der Waals surface area (Å²) in [5.74, 6) is -1.35. The van der Waals surface area contributed by atoms with Gasteiger partial charge in [-0.2, -0.15) is 5.10 Å². The molecule has 0 saturated heterocycles. The number of aliphatic imine (C=N–C) groups is 1. The maximum absolute atomic E-state index is 14.0.